The van der Waals surface area contributed by atoms with E-state index in [4.69, 9.17) is 0 Å². The lowest BCUT2D eigenvalue weighted by Crippen LogP contribution is -2.47. The monoisotopic (exact) mass is 315 g/mol. The summed E-state index contributed by atoms with van der Waals surface area (Å²) in [5, 5.41) is 1.05. The molecule has 1 aliphatic carbocycles. The number of carbonyl (C=O) groups excluding carboxylic acids is 1. The Labute approximate surface area is 120 Å². The second kappa shape index (κ2) is 6.40. The molecule has 1 atom stereocenters. The summed E-state index contributed by atoms with van der Waals surface area (Å²) in [6.45, 7) is 4.06. The summed E-state index contributed by atoms with van der Waals surface area (Å²) in [5.74, 6) is 0.641. The second-order valence-electron chi connectivity index (χ2n) is 6.35. The summed E-state index contributed by atoms with van der Waals surface area (Å²) in [6.07, 6.45) is 10.3. The number of alkyl halides is 1. The lowest BCUT2D eigenvalue weighted by molar-refractivity contribution is -0.139. The maximum Gasteiger partial charge on any atom is 0.225 e. The Morgan fingerprint density at radius 3 is 2.50 bits per heavy atom. The Kier molecular flexibility index (Phi) is 5.11. The number of rotatable bonds is 3. The van der Waals surface area contributed by atoms with Gasteiger partial charge in [0.2, 0.25) is 5.91 Å². The first-order valence-electron chi connectivity index (χ1n) is 7.52. The van der Waals surface area contributed by atoms with Crippen molar-refractivity contribution in [3.05, 3.63) is 0 Å². The van der Waals surface area contributed by atoms with Crippen LogP contribution in [0.3, 0.4) is 0 Å². The quantitative estimate of drug-likeness (QED) is 0.570. The molecule has 0 aromatic rings. The van der Waals surface area contributed by atoms with E-state index < -0.39 is 0 Å². The van der Waals surface area contributed by atoms with Crippen LogP contribution in [-0.2, 0) is 4.79 Å². The van der Waals surface area contributed by atoms with Crippen LogP contribution in [0.15, 0.2) is 0 Å². The van der Waals surface area contributed by atoms with Gasteiger partial charge in [0.25, 0.3) is 0 Å². The summed E-state index contributed by atoms with van der Waals surface area (Å²) >= 11 is 3.73. The summed E-state index contributed by atoms with van der Waals surface area (Å²) in [6, 6.07) is 0. The molecule has 0 spiro atoms. The van der Waals surface area contributed by atoms with E-state index in [2.05, 4.69) is 27.8 Å². The zero-order valence-corrected chi connectivity index (χ0v) is 13.2. The number of halogens is 1. The number of carbonyl (C=O) groups is 1. The fourth-order valence-electron chi connectivity index (χ4n) is 3.51. The van der Waals surface area contributed by atoms with E-state index in [1.165, 1.54) is 44.9 Å². The molecule has 1 amide bonds. The van der Waals surface area contributed by atoms with Crippen molar-refractivity contribution in [3.8, 4) is 0 Å². The lowest BCUT2D eigenvalue weighted by Gasteiger charge is -2.40. The fraction of sp³-hybridized carbons (Fsp3) is 0.933. The summed E-state index contributed by atoms with van der Waals surface area (Å²) < 4.78 is 0. The fourth-order valence-corrected chi connectivity index (χ4v) is 4.25. The number of amides is 1. The molecule has 2 nitrogen and oxygen atoms in total. The Morgan fingerprint density at radius 2 is 1.89 bits per heavy atom. The van der Waals surface area contributed by atoms with Crippen molar-refractivity contribution in [2.24, 2.45) is 11.3 Å². The molecule has 2 rings (SSSR count). The van der Waals surface area contributed by atoms with Crippen LogP contribution in [0, 0.1) is 11.3 Å². The van der Waals surface area contributed by atoms with Gasteiger partial charge in [-0.15, -0.1) is 0 Å². The first kappa shape index (κ1) is 14.4. The second-order valence-corrected chi connectivity index (χ2v) is 6.91. The molecule has 0 bridgehead atoms. The van der Waals surface area contributed by atoms with Crippen molar-refractivity contribution in [1.29, 1.82) is 0 Å². The molecule has 2 fully saturated rings. The third-order valence-electron chi connectivity index (χ3n) is 4.77. The molecule has 3 heteroatoms. The van der Waals surface area contributed by atoms with Gasteiger partial charge in [0.15, 0.2) is 0 Å². The highest BCUT2D eigenvalue weighted by Gasteiger charge is 2.35. The van der Waals surface area contributed by atoms with Gasteiger partial charge in [-0.05, 0) is 31.1 Å². The molecule has 0 aromatic carbocycles. The molecule has 1 aliphatic heterocycles. The molecule has 18 heavy (non-hydrogen) atoms. The van der Waals surface area contributed by atoms with Crippen molar-refractivity contribution in [1.82, 2.24) is 4.90 Å². The van der Waals surface area contributed by atoms with Gasteiger partial charge in [0.1, 0.15) is 0 Å². The average Bonchev–Trinajstić information content (AvgIpc) is 2.61. The Morgan fingerprint density at radius 1 is 1.22 bits per heavy atom. The van der Waals surface area contributed by atoms with Gasteiger partial charge in [0.05, 0.1) is 0 Å². The first-order valence-corrected chi connectivity index (χ1v) is 8.64. The molecule has 0 aromatic heterocycles. The van der Waals surface area contributed by atoms with Crippen LogP contribution < -0.4 is 0 Å². The predicted octanol–water partition coefficient (Wildman–Crippen LogP) is 3.98. The van der Waals surface area contributed by atoms with Crippen LogP contribution in [0.5, 0.6) is 0 Å². The SMILES string of the molecule is CC1CCCN(CC2(CBr)CCCCCC2)C1=O. The zero-order valence-electron chi connectivity index (χ0n) is 11.6. The number of hydrogen-bond donors (Lipinski definition) is 0. The van der Waals surface area contributed by atoms with Gasteiger partial charge in [-0.1, -0.05) is 48.5 Å². The van der Waals surface area contributed by atoms with Crippen LogP contribution in [0.1, 0.15) is 58.3 Å². The smallest absolute Gasteiger partial charge is 0.225 e. The predicted molar refractivity (Wildman–Crippen MR) is 78.9 cm³/mol. The molecule has 104 valence electrons. The van der Waals surface area contributed by atoms with E-state index in [-0.39, 0.29) is 5.92 Å². The Balaban J connectivity index is 2.02. The zero-order chi connectivity index (χ0) is 13.0. The number of likely N-dealkylation sites (tertiary alicyclic amines) is 1. The standard InChI is InChI=1S/C15H26BrNO/c1-13-7-6-10-17(14(13)18)12-15(11-16)8-4-2-3-5-9-15/h13H,2-12H2,1H3. The Bertz CT molecular complexity index is 284. The molecule has 1 saturated carbocycles. The van der Waals surface area contributed by atoms with Crippen LogP contribution in [-0.4, -0.2) is 29.2 Å². The minimum absolute atomic E-state index is 0.247. The summed E-state index contributed by atoms with van der Waals surface area (Å²) in [7, 11) is 0. The molecule has 1 unspecified atom stereocenters. The van der Waals surface area contributed by atoms with Gasteiger partial charge >= 0.3 is 0 Å². The van der Waals surface area contributed by atoms with Gasteiger partial charge in [0, 0.05) is 24.3 Å². The molecule has 0 radical (unpaired) electrons. The van der Waals surface area contributed by atoms with Crippen molar-refractivity contribution >= 4 is 21.8 Å². The van der Waals surface area contributed by atoms with E-state index in [1.54, 1.807) is 0 Å². The van der Waals surface area contributed by atoms with E-state index in [0.717, 1.165) is 24.8 Å². The third kappa shape index (κ3) is 3.28. The lowest BCUT2D eigenvalue weighted by atomic mass is 9.81. The van der Waals surface area contributed by atoms with E-state index in [9.17, 15) is 4.79 Å². The highest BCUT2D eigenvalue weighted by molar-refractivity contribution is 9.09. The third-order valence-corrected chi connectivity index (χ3v) is 5.96. The van der Waals surface area contributed by atoms with Crippen LogP contribution >= 0.6 is 15.9 Å². The topological polar surface area (TPSA) is 20.3 Å². The highest BCUT2D eigenvalue weighted by atomic mass is 79.9. The first-order chi connectivity index (χ1) is 8.67. The normalized spacial score (nSPS) is 29.1. The molecule has 1 heterocycles. The van der Waals surface area contributed by atoms with Gasteiger partial charge in [-0.2, -0.15) is 0 Å². The van der Waals surface area contributed by atoms with Crippen LogP contribution in [0.4, 0.5) is 0 Å². The van der Waals surface area contributed by atoms with Crippen LogP contribution in [0.2, 0.25) is 0 Å². The largest absolute Gasteiger partial charge is 0.342 e. The van der Waals surface area contributed by atoms with Crippen molar-refractivity contribution < 1.29 is 4.79 Å². The summed E-state index contributed by atoms with van der Waals surface area (Å²) in [5.41, 5.74) is 0.350. The van der Waals surface area contributed by atoms with Crippen molar-refractivity contribution in [2.45, 2.75) is 58.3 Å². The van der Waals surface area contributed by atoms with Crippen molar-refractivity contribution in [2.75, 3.05) is 18.4 Å². The molecule has 2 aliphatic rings. The minimum atomic E-state index is 0.247. The molecule has 1 saturated heterocycles. The van der Waals surface area contributed by atoms with Gasteiger partial charge in [-0.25, -0.2) is 0 Å². The van der Waals surface area contributed by atoms with Crippen molar-refractivity contribution in [3.63, 3.8) is 0 Å². The minimum Gasteiger partial charge on any atom is -0.342 e. The highest BCUT2D eigenvalue weighted by Crippen LogP contribution is 2.38. The summed E-state index contributed by atoms with van der Waals surface area (Å²) in [4.78, 5) is 14.4. The van der Waals surface area contributed by atoms with E-state index >= 15 is 0 Å². The maximum atomic E-state index is 12.3. The van der Waals surface area contributed by atoms with Gasteiger partial charge in [-0.3, -0.25) is 4.79 Å². The molecular formula is C15H26BrNO. The Hall–Kier alpha value is -0.0500. The maximum absolute atomic E-state index is 12.3. The number of piperidine rings is 1. The van der Waals surface area contributed by atoms with Gasteiger partial charge < -0.3 is 4.90 Å². The number of nitrogens with zero attached hydrogens (tertiary/aromatic N) is 1. The van der Waals surface area contributed by atoms with E-state index in [1.807, 2.05) is 0 Å². The van der Waals surface area contributed by atoms with E-state index in [0.29, 0.717) is 11.3 Å². The molecule has 0 N–H and O–H groups in total. The molecular weight excluding hydrogens is 290 g/mol. The number of hydrogen-bond acceptors (Lipinski definition) is 1. The average molecular weight is 316 g/mol. The van der Waals surface area contributed by atoms with Crippen LogP contribution in [0.25, 0.3) is 0 Å².